The lowest BCUT2D eigenvalue weighted by molar-refractivity contribution is -0.222. The maximum atomic E-state index is 8.85. The zero-order chi connectivity index (χ0) is 8.44. The van der Waals surface area contributed by atoms with Gasteiger partial charge in [-0.25, -0.2) is 0 Å². The minimum absolute atomic E-state index is 0.156. The average molecular weight is 170 g/mol. The zero-order valence-corrected chi connectivity index (χ0v) is 7.59. The summed E-state index contributed by atoms with van der Waals surface area (Å²) < 4.78 is 5.75. The van der Waals surface area contributed by atoms with Gasteiger partial charge in [0.05, 0.1) is 18.3 Å². The molecule has 0 amide bonds. The van der Waals surface area contributed by atoms with E-state index in [9.17, 15) is 0 Å². The van der Waals surface area contributed by atoms with Crippen LogP contribution in [0.4, 0.5) is 0 Å². The molecule has 70 valence electrons. The Bertz CT molecular complexity index is 140. The molecule has 1 aliphatic carbocycles. The van der Waals surface area contributed by atoms with Crippen LogP contribution in [-0.4, -0.2) is 23.4 Å². The highest BCUT2D eigenvalue weighted by Gasteiger charge is 2.44. The Morgan fingerprint density at radius 2 is 1.75 bits per heavy atom. The van der Waals surface area contributed by atoms with Gasteiger partial charge in [-0.05, 0) is 12.8 Å². The van der Waals surface area contributed by atoms with Crippen molar-refractivity contribution in [3.63, 3.8) is 0 Å². The maximum absolute atomic E-state index is 8.85. The van der Waals surface area contributed by atoms with Crippen molar-refractivity contribution >= 4 is 0 Å². The van der Waals surface area contributed by atoms with Crippen LogP contribution in [0, 0.1) is 0 Å². The first-order valence-corrected chi connectivity index (χ1v) is 5.13. The SMILES string of the molecule is OCC1CC2(CCCCCC2)O1. The molecule has 2 rings (SSSR count). The molecule has 0 radical (unpaired) electrons. The molecule has 12 heavy (non-hydrogen) atoms. The van der Waals surface area contributed by atoms with Gasteiger partial charge in [-0.3, -0.25) is 0 Å². The molecule has 0 aromatic rings. The smallest absolute Gasteiger partial charge is 0.0840 e. The third kappa shape index (κ3) is 1.50. The summed E-state index contributed by atoms with van der Waals surface area (Å²) >= 11 is 0. The van der Waals surface area contributed by atoms with Crippen molar-refractivity contribution in [3.05, 3.63) is 0 Å². The first kappa shape index (κ1) is 8.52. The molecule has 1 saturated heterocycles. The van der Waals surface area contributed by atoms with Gasteiger partial charge in [0.2, 0.25) is 0 Å². The molecule has 1 atom stereocenters. The van der Waals surface area contributed by atoms with E-state index in [4.69, 9.17) is 9.84 Å². The zero-order valence-electron chi connectivity index (χ0n) is 7.59. The fourth-order valence-corrected chi connectivity index (χ4v) is 2.56. The van der Waals surface area contributed by atoms with Gasteiger partial charge in [-0.2, -0.15) is 0 Å². The van der Waals surface area contributed by atoms with Crippen molar-refractivity contribution < 1.29 is 9.84 Å². The molecule has 0 aromatic carbocycles. The van der Waals surface area contributed by atoms with Crippen LogP contribution in [0.25, 0.3) is 0 Å². The standard InChI is InChI=1S/C10H18O2/c11-8-9-7-10(12-9)5-3-1-2-4-6-10/h9,11H,1-8H2. The van der Waals surface area contributed by atoms with Gasteiger partial charge in [0.25, 0.3) is 0 Å². The molecule has 0 bridgehead atoms. The highest BCUT2D eigenvalue weighted by molar-refractivity contribution is 4.94. The molecular formula is C10H18O2. The van der Waals surface area contributed by atoms with Gasteiger partial charge < -0.3 is 9.84 Å². The van der Waals surface area contributed by atoms with Crippen LogP contribution in [0.1, 0.15) is 44.9 Å². The van der Waals surface area contributed by atoms with Gasteiger partial charge in [0, 0.05) is 6.42 Å². The van der Waals surface area contributed by atoms with E-state index >= 15 is 0 Å². The summed E-state index contributed by atoms with van der Waals surface area (Å²) in [5, 5.41) is 8.85. The molecule has 0 aromatic heterocycles. The molecule has 2 nitrogen and oxygen atoms in total. The van der Waals surface area contributed by atoms with Crippen LogP contribution in [0.15, 0.2) is 0 Å². The minimum atomic E-state index is 0.156. The molecule has 1 unspecified atom stereocenters. The lowest BCUT2D eigenvalue weighted by atomic mass is 9.83. The van der Waals surface area contributed by atoms with Crippen molar-refractivity contribution in [1.29, 1.82) is 0 Å². The van der Waals surface area contributed by atoms with Gasteiger partial charge >= 0.3 is 0 Å². The topological polar surface area (TPSA) is 29.5 Å². The van der Waals surface area contributed by atoms with E-state index in [0.717, 1.165) is 6.42 Å². The predicted molar refractivity (Wildman–Crippen MR) is 47.0 cm³/mol. The Morgan fingerprint density at radius 3 is 2.25 bits per heavy atom. The van der Waals surface area contributed by atoms with Gasteiger partial charge in [0.1, 0.15) is 0 Å². The fourth-order valence-electron chi connectivity index (χ4n) is 2.56. The lowest BCUT2D eigenvalue weighted by Crippen LogP contribution is -2.51. The summed E-state index contributed by atoms with van der Waals surface area (Å²) in [4.78, 5) is 0. The number of aliphatic hydroxyl groups excluding tert-OH is 1. The number of hydrogen-bond donors (Lipinski definition) is 1. The summed E-state index contributed by atoms with van der Waals surface area (Å²) in [5.74, 6) is 0. The van der Waals surface area contributed by atoms with Crippen LogP contribution in [0.5, 0.6) is 0 Å². The Hall–Kier alpha value is -0.0800. The summed E-state index contributed by atoms with van der Waals surface area (Å²) in [6, 6.07) is 0. The van der Waals surface area contributed by atoms with Crippen molar-refractivity contribution in [2.75, 3.05) is 6.61 Å². The van der Waals surface area contributed by atoms with Gasteiger partial charge in [-0.1, -0.05) is 25.7 Å². The van der Waals surface area contributed by atoms with E-state index < -0.39 is 0 Å². The van der Waals surface area contributed by atoms with E-state index in [1.54, 1.807) is 0 Å². The Balaban J connectivity index is 1.86. The number of hydrogen-bond acceptors (Lipinski definition) is 2. The molecule has 2 heteroatoms. The fraction of sp³-hybridized carbons (Fsp3) is 1.00. The van der Waals surface area contributed by atoms with Crippen molar-refractivity contribution in [1.82, 2.24) is 0 Å². The molecule has 1 heterocycles. The van der Waals surface area contributed by atoms with Crippen LogP contribution < -0.4 is 0 Å². The minimum Gasteiger partial charge on any atom is -0.394 e. The second-order valence-corrected chi connectivity index (χ2v) is 4.22. The third-order valence-corrected chi connectivity index (χ3v) is 3.23. The molecule has 1 spiro atoms. The third-order valence-electron chi connectivity index (χ3n) is 3.23. The average Bonchev–Trinajstić information content (AvgIpc) is 2.25. The molecule has 1 aliphatic heterocycles. The monoisotopic (exact) mass is 170 g/mol. The Labute approximate surface area is 73.9 Å². The van der Waals surface area contributed by atoms with E-state index in [1.807, 2.05) is 0 Å². The van der Waals surface area contributed by atoms with Crippen LogP contribution in [0.3, 0.4) is 0 Å². The highest BCUT2D eigenvalue weighted by Crippen LogP contribution is 2.42. The van der Waals surface area contributed by atoms with E-state index in [0.29, 0.717) is 0 Å². The molecule has 2 fully saturated rings. The lowest BCUT2D eigenvalue weighted by Gasteiger charge is -2.47. The summed E-state index contributed by atoms with van der Waals surface area (Å²) in [5.41, 5.74) is 0.198. The highest BCUT2D eigenvalue weighted by atomic mass is 16.5. The first-order chi connectivity index (χ1) is 5.85. The number of rotatable bonds is 1. The summed E-state index contributed by atoms with van der Waals surface area (Å²) in [6.45, 7) is 0.210. The van der Waals surface area contributed by atoms with Crippen LogP contribution >= 0.6 is 0 Å². The quantitative estimate of drug-likeness (QED) is 0.651. The molecule has 2 aliphatic rings. The second kappa shape index (κ2) is 3.35. The van der Waals surface area contributed by atoms with Gasteiger partial charge in [-0.15, -0.1) is 0 Å². The molecule has 1 N–H and O–H groups in total. The first-order valence-electron chi connectivity index (χ1n) is 5.13. The molecular weight excluding hydrogens is 152 g/mol. The second-order valence-electron chi connectivity index (χ2n) is 4.22. The summed E-state index contributed by atoms with van der Waals surface area (Å²) in [7, 11) is 0. The van der Waals surface area contributed by atoms with E-state index in [2.05, 4.69) is 0 Å². The van der Waals surface area contributed by atoms with E-state index in [1.165, 1.54) is 38.5 Å². The summed E-state index contributed by atoms with van der Waals surface area (Å²) in [6.07, 6.45) is 9.08. The van der Waals surface area contributed by atoms with Crippen molar-refractivity contribution in [2.24, 2.45) is 0 Å². The normalized spacial score (nSPS) is 34.2. The van der Waals surface area contributed by atoms with Crippen LogP contribution in [0.2, 0.25) is 0 Å². The largest absolute Gasteiger partial charge is 0.394 e. The Morgan fingerprint density at radius 1 is 1.17 bits per heavy atom. The van der Waals surface area contributed by atoms with Gasteiger partial charge in [0.15, 0.2) is 0 Å². The van der Waals surface area contributed by atoms with Crippen molar-refractivity contribution in [2.45, 2.75) is 56.7 Å². The van der Waals surface area contributed by atoms with E-state index in [-0.39, 0.29) is 18.3 Å². The Kier molecular flexibility index (Phi) is 2.37. The van der Waals surface area contributed by atoms with Crippen molar-refractivity contribution in [3.8, 4) is 0 Å². The predicted octanol–water partition coefficient (Wildman–Crippen LogP) is 1.86. The number of ether oxygens (including phenoxy) is 1. The number of aliphatic hydroxyl groups is 1. The van der Waals surface area contributed by atoms with Crippen LogP contribution in [-0.2, 0) is 4.74 Å². The molecule has 1 saturated carbocycles. The maximum Gasteiger partial charge on any atom is 0.0840 e.